The average molecular weight is 398 g/mol. The van der Waals surface area contributed by atoms with Crippen molar-refractivity contribution >= 4 is 11.0 Å². The Morgan fingerprint density at radius 1 is 1.03 bits per heavy atom. The van der Waals surface area contributed by atoms with Crippen LogP contribution in [-0.2, 0) is 13.0 Å². The van der Waals surface area contributed by atoms with Gasteiger partial charge in [0.25, 0.3) is 0 Å². The van der Waals surface area contributed by atoms with Gasteiger partial charge < -0.3 is 8.98 Å². The second kappa shape index (κ2) is 7.94. The fourth-order valence-electron chi connectivity index (χ4n) is 3.77. The van der Waals surface area contributed by atoms with Gasteiger partial charge in [0, 0.05) is 18.5 Å². The van der Waals surface area contributed by atoms with E-state index in [0.29, 0.717) is 11.6 Å². The minimum Gasteiger partial charge on any atom is -0.460 e. The van der Waals surface area contributed by atoms with E-state index in [-0.39, 0.29) is 0 Å². The van der Waals surface area contributed by atoms with Crippen molar-refractivity contribution < 1.29 is 4.42 Å². The minimum absolute atomic E-state index is 0.449. The van der Waals surface area contributed by atoms with Crippen LogP contribution in [0.25, 0.3) is 33.7 Å². The molecule has 150 valence electrons. The summed E-state index contributed by atoms with van der Waals surface area (Å²) in [6.07, 6.45) is 4.94. The average Bonchev–Trinajstić information content (AvgIpc) is 3.53. The molecular weight excluding hydrogens is 376 g/mol. The van der Waals surface area contributed by atoms with E-state index in [1.54, 1.807) is 6.26 Å². The summed E-state index contributed by atoms with van der Waals surface area (Å²) in [6, 6.07) is 18.8. The highest BCUT2D eigenvalue weighted by Gasteiger charge is 2.15. The van der Waals surface area contributed by atoms with E-state index in [1.165, 1.54) is 11.1 Å². The number of unbranched alkanes of at least 4 members (excludes halogenated alkanes) is 1. The molecule has 0 amide bonds. The Balaban J connectivity index is 1.45. The number of H-pyrrole nitrogens is 1. The van der Waals surface area contributed by atoms with Crippen LogP contribution >= 0.6 is 0 Å². The van der Waals surface area contributed by atoms with Crippen molar-refractivity contribution in [1.29, 1.82) is 0 Å². The number of aromatic amines is 1. The number of furan rings is 1. The number of tetrazole rings is 1. The zero-order chi connectivity index (χ0) is 20.3. The Morgan fingerprint density at radius 2 is 1.90 bits per heavy atom. The first-order valence-electron chi connectivity index (χ1n) is 10.2. The summed E-state index contributed by atoms with van der Waals surface area (Å²) in [5.74, 6) is 2.21. The number of para-hydroxylation sites is 2. The Kier molecular flexibility index (Phi) is 4.85. The third-order valence-corrected chi connectivity index (χ3v) is 5.31. The van der Waals surface area contributed by atoms with Gasteiger partial charge in [-0.1, -0.05) is 49.7 Å². The van der Waals surface area contributed by atoms with Crippen LogP contribution in [0.1, 0.15) is 31.2 Å². The summed E-state index contributed by atoms with van der Waals surface area (Å²) in [6.45, 7) is 3.01. The fourth-order valence-corrected chi connectivity index (χ4v) is 3.77. The lowest BCUT2D eigenvalue weighted by atomic mass is 10.0. The Bertz CT molecular complexity index is 1250. The second-order valence-corrected chi connectivity index (χ2v) is 7.30. The van der Waals surface area contributed by atoms with E-state index in [1.807, 2.05) is 12.1 Å². The number of nitrogens with zero attached hydrogens (tertiary/aromatic N) is 5. The number of aryl methyl sites for hydroxylation is 1. The molecule has 3 heterocycles. The molecule has 0 unspecified atom stereocenters. The van der Waals surface area contributed by atoms with Gasteiger partial charge >= 0.3 is 0 Å². The van der Waals surface area contributed by atoms with Crippen molar-refractivity contribution in [3.05, 3.63) is 72.2 Å². The monoisotopic (exact) mass is 398 g/mol. The molecule has 0 bridgehead atoms. The third-order valence-electron chi connectivity index (χ3n) is 5.31. The van der Waals surface area contributed by atoms with Crippen molar-refractivity contribution in [2.24, 2.45) is 0 Å². The van der Waals surface area contributed by atoms with Crippen LogP contribution in [0.5, 0.6) is 0 Å². The predicted molar refractivity (Wildman–Crippen MR) is 115 cm³/mol. The Hall–Kier alpha value is -3.74. The van der Waals surface area contributed by atoms with Crippen molar-refractivity contribution in [1.82, 2.24) is 30.2 Å². The highest BCUT2D eigenvalue weighted by Crippen LogP contribution is 2.31. The molecule has 2 aromatic carbocycles. The molecule has 0 fully saturated rings. The maximum atomic E-state index is 5.58. The normalized spacial score (nSPS) is 11.4. The first-order chi connectivity index (χ1) is 14.8. The number of hydrogen-bond acceptors (Lipinski definition) is 5. The van der Waals surface area contributed by atoms with Crippen LogP contribution in [0.15, 0.2) is 65.3 Å². The summed E-state index contributed by atoms with van der Waals surface area (Å²) in [5.41, 5.74) is 5.46. The largest absolute Gasteiger partial charge is 0.460 e. The fraction of sp³-hybridized carbons (Fsp3) is 0.217. The number of rotatable bonds is 7. The van der Waals surface area contributed by atoms with Gasteiger partial charge in [0.15, 0.2) is 5.76 Å². The molecule has 5 aromatic rings. The second-order valence-electron chi connectivity index (χ2n) is 7.30. The lowest BCUT2D eigenvalue weighted by molar-refractivity contribution is 0.578. The summed E-state index contributed by atoms with van der Waals surface area (Å²) < 4.78 is 7.92. The summed E-state index contributed by atoms with van der Waals surface area (Å²) in [4.78, 5) is 4.87. The number of aromatic nitrogens is 6. The van der Waals surface area contributed by atoms with Gasteiger partial charge in [-0.25, -0.2) is 4.98 Å². The lowest BCUT2D eigenvalue weighted by Gasteiger charge is -2.10. The van der Waals surface area contributed by atoms with Crippen molar-refractivity contribution in [2.45, 2.75) is 32.7 Å². The van der Waals surface area contributed by atoms with Crippen LogP contribution in [0, 0.1) is 0 Å². The smallest absolute Gasteiger partial charge is 0.240 e. The van der Waals surface area contributed by atoms with Gasteiger partial charge in [-0.2, -0.15) is 5.21 Å². The van der Waals surface area contributed by atoms with Gasteiger partial charge in [0.1, 0.15) is 5.82 Å². The van der Waals surface area contributed by atoms with E-state index in [0.717, 1.165) is 48.3 Å². The van der Waals surface area contributed by atoms with E-state index in [9.17, 15) is 0 Å². The number of benzene rings is 2. The molecule has 0 aliphatic carbocycles. The van der Waals surface area contributed by atoms with E-state index in [2.05, 4.69) is 74.6 Å². The first-order valence-corrected chi connectivity index (χ1v) is 10.2. The van der Waals surface area contributed by atoms with Crippen LogP contribution in [0.2, 0.25) is 0 Å². The van der Waals surface area contributed by atoms with E-state index >= 15 is 0 Å². The first kappa shape index (κ1) is 18.3. The van der Waals surface area contributed by atoms with Gasteiger partial charge in [0.05, 0.1) is 17.3 Å². The molecule has 7 nitrogen and oxygen atoms in total. The van der Waals surface area contributed by atoms with Crippen LogP contribution in [0.3, 0.4) is 0 Å². The van der Waals surface area contributed by atoms with Crippen LogP contribution in [-0.4, -0.2) is 30.2 Å². The van der Waals surface area contributed by atoms with Crippen molar-refractivity contribution in [2.75, 3.05) is 0 Å². The number of nitrogens with one attached hydrogen (secondary N) is 1. The van der Waals surface area contributed by atoms with Crippen molar-refractivity contribution in [3.63, 3.8) is 0 Å². The maximum Gasteiger partial charge on any atom is 0.240 e. The third kappa shape index (κ3) is 3.39. The minimum atomic E-state index is 0.449. The molecule has 7 heteroatoms. The topological polar surface area (TPSA) is 85.4 Å². The van der Waals surface area contributed by atoms with Crippen LogP contribution < -0.4 is 0 Å². The summed E-state index contributed by atoms with van der Waals surface area (Å²) >= 11 is 0. The molecule has 0 radical (unpaired) electrons. The van der Waals surface area contributed by atoms with E-state index in [4.69, 9.17) is 9.40 Å². The molecule has 0 saturated carbocycles. The van der Waals surface area contributed by atoms with E-state index < -0.39 is 0 Å². The highest BCUT2D eigenvalue weighted by molar-refractivity contribution is 5.77. The number of imidazole rings is 1. The van der Waals surface area contributed by atoms with Gasteiger partial charge in [-0.05, 0) is 41.0 Å². The lowest BCUT2D eigenvalue weighted by Crippen LogP contribution is -2.05. The summed E-state index contributed by atoms with van der Waals surface area (Å²) in [5, 5.41) is 14.1. The predicted octanol–water partition coefficient (Wildman–Crippen LogP) is 4.87. The SMILES string of the molecule is CCCCc1nc2ccccc2n1Cc1ccc(-c2ccoc2-c2nn[nH]n2)cc1. The van der Waals surface area contributed by atoms with Crippen LogP contribution in [0.4, 0.5) is 0 Å². The molecule has 5 rings (SSSR count). The molecule has 3 aromatic heterocycles. The van der Waals surface area contributed by atoms with Gasteiger partial charge in [-0.15, -0.1) is 10.2 Å². The highest BCUT2D eigenvalue weighted by atomic mass is 16.3. The molecule has 0 spiro atoms. The number of hydrogen-bond donors (Lipinski definition) is 1. The molecule has 0 atom stereocenters. The quantitative estimate of drug-likeness (QED) is 0.423. The standard InChI is InChI=1S/C23H22N6O/c1-2-3-8-21-24-19-6-4-5-7-20(19)29(21)15-16-9-11-17(12-10-16)18-13-14-30-22(18)23-25-27-28-26-23/h4-7,9-14H,2-3,8,15H2,1H3,(H,25,26,27,28). The molecule has 30 heavy (non-hydrogen) atoms. The van der Waals surface area contributed by atoms with Gasteiger partial charge in [0.2, 0.25) is 5.82 Å². The Morgan fingerprint density at radius 3 is 2.70 bits per heavy atom. The van der Waals surface area contributed by atoms with Crippen molar-refractivity contribution in [3.8, 4) is 22.7 Å². The number of fused-ring (bicyclic) bond motifs is 1. The zero-order valence-corrected chi connectivity index (χ0v) is 16.7. The molecule has 0 aliphatic heterocycles. The molecule has 1 N–H and O–H groups in total. The molecule has 0 saturated heterocycles. The molecule has 0 aliphatic rings. The summed E-state index contributed by atoms with van der Waals surface area (Å²) in [7, 11) is 0. The maximum absolute atomic E-state index is 5.58. The molecular formula is C23H22N6O. The zero-order valence-electron chi connectivity index (χ0n) is 16.7. The Labute approximate surface area is 173 Å². The van der Waals surface area contributed by atoms with Gasteiger partial charge in [-0.3, -0.25) is 0 Å².